The number of hydrogen-bond donors (Lipinski definition) is 1. The second-order valence-corrected chi connectivity index (χ2v) is 8.10. The van der Waals surface area contributed by atoms with E-state index in [1.165, 1.54) is 23.9 Å². The number of carboxylic acid groups (broad SMARTS) is 1. The molecule has 1 aliphatic heterocycles. The molecule has 1 saturated heterocycles. The quantitative estimate of drug-likeness (QED) is 0.928. The second kappa shape index (κ2) is 5.11. The first kappa shape index (κ1) is 13.7. The predicted molar refractivity (Wildman–Crippen MR) is 71.3 cm³/mol. The summed E-state index contributed by atoms with van der Waals surface area (Å²) in [6, 6.07) is 4.72. The highest BCUT2D eigenvalue weighted by Crippen LogP contribution is 2.32. The van der Waals surface area contributed by atoms with Crippen molar-refractivity contribution in [2.75, 3.05) is 11.5 Å². The Balaban J connectivity index is 2.16. The molecule has 0 aromatic heterocycles. The van der Waals surface area contributed by atoms with Crippen LogP contribution in [0.2, 0.25) is 5.02 Å². The molecule has 98 valence electrons. The maximum Gasteiger partial charge on any atom is 0.337 e. The van der Waals surface area contributed by atoms with Gasteiger partial charge in [-0.05, 0) is 24.6 Å². The van der Waals surface area contributed by atoms with E-state index in [-0.39, 0.29) is 27.3 Å². The number of thioether (sulfide) groups is 1. The molecule has 2 rings (SSSR count). The van der Waals surface area contributed by atoms with E-state index < -0.39 is 15.8 Å². The molecule has 1 aromatic rings. The van der Waals surface area contributed by atoms with Crippen LogP contribution in [0.1, 0.15) is 16.8 Å². The fourth-order valence-electron chi connectivity index (χ4n) is 1.79. The molecular formula is C11H11ClO4S2. The first-order valence-corrected chi connectivity index (χ1v) is 8.35. The monoisotopic (exact) mass is 306 g/mol. The minimum atomic E-state index is -2.91. The molecule has 1 heterocycles. The zero-order valence-electron chi connectivity index (χ0n) is 9.30. The van der Waals surface area contributed by atoms with Gasteiger partial charge < -0.3 is 5.11 Å². The molecule has 0 bridgehead atoms. The van der Waals surface area contributed by atoms with Gasteiger partial charge >= 0.3 is 5.97 Å². The van der Waals surface area contributed by atoms with Crippen molar-refractivity contribution in [2.45, 2.75) is 16.6 Å². The Hall–Kier alpha value is -0.720. The largest absolute Gasteiger partial charge is 0.478 e. The minimum Gasteiger partial charge on any atom is -0.478 e. The number of rotatable bonds is 3. The molecule has 0 amide bonds. The third-order valence-corrected chi connectivity index (χ3v) is 6.23. The molecule has 1 atom stereocenters. The van der Waals surface area contributed by atoms with Gasteiger partial charge in [-0.1, -0.05) is 11.6 Å². The summed E-state index contributed by atoms with van der Waals surface area (Å²) in [5, 5.41) is 9.13. The van der Waals surface area contributed by atoms with Gasteiger partial charge in [0.05, 0.1) is 22.1 Å². The van der Waals surface area contributed by atoms with Crippen molar-refractivity contribution in [3.8, 4) is 0 Å². The smallest absolute Gasteiger partial charge is 0.337 e. The summed E-state index contributed by atoms with van der Waals surface area (Å²) in [7, 11) is -2.91. The number of aromatic carboxylic acids is 1. The van der Waals surface area contributed by atoms with Gasteiger partial charge in [0, 0.05) is 10.1 Å². The van der Waals surface area contributed by atoms with Crippen molar-refractivity contribution >= 4 is 39.2 Å². The first-order valence-electron chi connectivity index (χ1n) is 5.27. The van der Waals surface area contributed by atoms with E-state index in [0.717, 1.165) is 4.90 Å². The van der Waals surface area contributed by atoms with E-state index in [4.69, 9.17) is 16.7 Å². The zero-order valence-corrected chi connectivity index (χ0v) is 11.7. The molecule has 7 heteroatoms. The summed E-state index contributed by atoms with van der Waals surface area (Å²) >= 11 is 7.16. The van der Waals surface area contributed by atoms with Gasteiger partial charge in [-0.15, -0.1) is 11.8 Å². The lowest BCUT2D eigenvalue weighted by Crippen LogP contribution is -2.06. The van der Waals surface area contributed by atoms with Crippen LogP contribution < -0.4 is 0 Å². The fraction of sp³-hybridized carbons (Fsp3) is 0.364. The third-order valence-electron chi connectivity index (χ3n) is 2.66. The Kier molecular flexibility index (Phi) is 3.89. The van der Waals surface area contributed by atoms with Gasteiger partial charge in [0.25, 0.3) is 0 Å². The standard InChI is InChI=1S/C11H11ClO4S2/c12-10-2-1-7(5-9(10)11(13)14)17-8-3-4-18(15,16)6-8/h1-2,5,8H,3-4,6H2,(H,13,14). The molecule has 18 heavy (non-hydrogen) atoms. The van der Waals surface area contributed by atoms with Crippen molar-refractivity contribution in [1.82, 2.24) is 0 Å². The topological polar surface area (TPSA) is 71.4 Å². The van der Waals surface area contributed by atoms with Gasteiger partial charge in [0.15, 0.2) is 9.84 Å². The van der Waals surface area contributed by atoms with Crippen molar-refractivity contribution < 1.29 is 18.3 Å². The van der Waals surface area contributed by atoms with Crippen molar-refractivity contribution in [3.63, 3.8) is 0 Å². The number of sulfone groups is 1. The molecule has 0 saturated carbocycles. The summed E-state index contributed by atoms with van der Waals surface area (Å²) in [6.45, 7) is 0. The van der Waals surface area contributed by atoms with Crippen molar-refractivity contribution in [2.24, 2.45) is 0 Å². The predicted octanol–water partition coefficient (Wildman–Crippen LogP) is 2.32. The van der Waals surface area contributed by atoms with Crippen LogP contribution in [0.15, 0.2) is 23.1 Å². The number of carboxylic acids is 1. The molecule has 1 aromatic carbocycles. The molecule has 1 unspecified atom stereocenters. The number of benzene rings is 1. The molecule has 0 radical (unpaired) electrons. The number of carbonyl (C=O) groups is 1. The summed E-state index contributed by atoms with van der Waals surface area (Å²) in [5.41, 5.74) is 0.0440. The summed E-state index contributed by atoms with van der Waals surface area (Å²) < 4.78 is 22.7. The number of halogens is 1. The summed E-state index contributed by atoms with van der Waals surface area (Å²) in [6.07, 6.45) is 0.609. The Labute approximate surface area is 114 Å². The lowest BCUT2D eigenvalue weighted by molar-refractivity contribution is 0.0697. The summed E-state index contributed by atoms with van der Waals surface area (Å²) in [4.78, 5) is 11.7. The van der Waals surface area contributed by atoms with Crippen LogP contribution in [0, 0.1) is 0 Å². The van der Waals surface area contributed by atoms with Crippen LogP contribution in [-0.4, -0.2) is 36.2 Å². The van der Waals surface area contributed by atoms with Crippen molar-refractivity contribution in [3.05, 3.63) is 28.8 Å². The normalized spacial score (nSPS) is 21.9. The molecule has 0 spiro atoms. The lowest BCUT2D eigenvalue weighted by Gasteiger charge is -2.08. The van der Waals surface area contributed by atoms with Crippen LogP contribution in [0.3, 0.4) is 0 Å². The average Bonchev–Trinajstić information content (AvgIpc) is 2.60. The average molecular weight is 307 g/mol. The van der Waals surface area contributed by atoms with Crippen LogP contribution in [0.4, 0.5) is 0 Å². The highest BCUT2D eigenvalue weighted by Gasteiger charge is 2.28. The van der Waals surface area contributed by atoms with Gasteiger partial charge in [-0.2, -0.15) is 0 Å². The first-order chi connectivity index (χ1) is 8.37. The second-order valence-electron chi connectivity index (χ2n) is 4.09. The van der Waals surface area contributed by atoms with E-state index in [1.807, 2.05) is 0 Å². The molecule has 1 N–H and O–H groups in total. The molecular weight excluding hydrogens is 296 g/mol. The minimum absolute atomic E-state index is 0.00202. The fourth-order valence-corrected chi connectivity index (χ4v) is 5.53. The zero-order chi connectivity index (χ0) is 13.3. The highest BCUT2D eigenvalue weighted by molar-refractivity contribution is 8.01. The SMILES string of the molecule is O=C(O)c1cc(SC2CCS(=O)(=O)C2)ccc1Cl. The Bertz CT molecular complexity index is 583. The van der Waals surface area contributed by atoms with E-state index in [0.29, 0.717) is 6.42 Å². The van der Waals surface area contributed by atoms with E-state index in [9.17, 15) is 13.2 Å². The van der Waals surface area contributed by atoms with Gasteiger partial charge in [-0.3, -0.25) is 0 Å². The van der Waals surface area contributed by atoms with Crippen LogP contribution in [0.25, 0.3) is 0 Å². The molecule has 4 nitrogen and oxygen atoms in total. The van der Waals surface area contributed by atoms with E-state index >= 15 is 0 Å². The molecule has 1 fully saturated rings. The maximum absolute atomic E-state index is 11.3. The van der Waals surface area contributed by atoms with Crippen molar-refractivity contribution in [1.29, 1.82) is 0 Å². The van der Waals surface area contributed by atoms with E-state index in [2.05, 4.69) is 0 Å². The van der Waals surface area contributed by atoms with Crippen LogP contribution in [0.5, 0.6) is 0 Å². The molecule has 1 aliphatic rings. The van der Waals surface area contributed by atoms with Crippen LogP contribution >= 0.6 is 23.4 Å². The Morgan fingerprint density at radius 2 is 2.17 bits per heavy atom. The number of hydrogen-bond acceptors (Lipinski definition) is 4. The summed E-state index contributed by atoms with van der Waals surface area (Å²) in [5.74, 6) is -0.714. The third kappa shape index (κ3) is 3.18. The molecule has 0 aliphatic carbocycles. The maximum atomic E-state index is 11.3. The van der Waals surface area contributed by atoms with Gasteiger partial charge in [0.1, 0.15) is 0 Å². The van der Waals surface area contributed by atoms with E-state index in [1.54, 1.807) is 6.07 Å². The van der Waals surface area contributed by atoms with Crippen LogP contribution in [-0.2, 0) is 9.84 Å². The Morgan fingerprint density at radius 3 is 2.72 bits per heavy atom. The lowest BCUT2D eigenvalue weighted by atomic mass is 10.2. The van der Waals surface area contributed by atoms with Gasteiger partial charge in [-0.25, -0.2) is 13.2 Å². The Morgan fingerprint density at radius 1 is 1.44 bits per heavy atom. The van der Waals surface area contributed by atoms with Gasteiger partial charge in [0.2, 0.25) is 0 Å². The highest BCUT2D eigenvalue weighted by atomic mass is 35.5.